The van der Waals surface area contributed by atoms with Crippen LogP contribution in [0.15, 0.2) is 84.9 Å². The molecule has 7 heteroatoms. The molecule has 1 unspecified atom stereocenters. The summed E-state index contributed by atoms with van der Waals surface area (Å²) < 4.78 is 50.5. The first-order valence-corrected chi connectivity index (χ1v) is 19.8. The minimum absolute atomic E-state index is 0.456. The Morgan fingerprint density at radius 2 is 1.31 bits per heavy atom. The summed E-state index contributed by atoms with van der Waals surface area (Å²) in [7, 11) is 1.67. The molecule has 5 nitrogen and oxygen atoms in total. The number of hydrogen-bond donors (Lipinski definition) is 0. The highest BCUT2D eigenvalue weighted by molar-refractivity contribution is 6.09. The third-order valence-corrected chi connectivity index (χ3v) is 12.9. The van der Waals surface area contributed by atoms with Crippen LogP contribution >= 0.6 is 0 Å². The fraction of sp³-hybridized carbons (Fsp3) is 0.362. The molecule has 3 fully saturated rings. The van der Waals surface area contributed by atoms with Crippen molar-refractivity contribution < 1.29 is 23.0 Å². The molecule has 3 aliphatic heterocycles. The van der Waals surface area contributed by atoms with Crippen molar-refractivity contribution in [1.82, 2.24) is 0 Å². The highest BCUT2D eigenvalue weighted by atomic mass is 19.1. The van der Waals surface area contributed by atoms with Gasteiger partial charge >= 0.3 is 0 Å². The molecule has 1 atom stereocenters. The van der Waals surface area contributed by atoms with Crippen LogP contribution in [0.1, 0.15) is 79.2 Å². The second-order valence-corrected chi connectivity index (χ2v) is 15.8. The number of benzene rings is 5. The summed E-state index contributed by atoms with van der Waals surface area (Å²) in [5.41, 5.74) is 7.18. The molecule has 3 heterocycles. The number of anilines is 2. The first-order valence-electron chi connectivity index (χ1n) is 19.8. The Bertz CT molecular complexity index is 2200. The Kier molecular flexibility index (Phi) is 8.20. The van der Waals surface area contributed by atoms with E-state index in [0.717, 1.165) is 128 Å². The highest BCUT2D eigenvalue weighted by Gasteiger charge is 2.50. The van der Waals surface area contributed by atoms with Gasteiger partial charge in [0.15, 0.2) is 5.60 Å². The number of methoxy groups -OCH3 is 1. The Balaban J connectivity index is 1.20. The highest BCUT2D eigenvalue weighted by Crippen LogP contribution is 2.63. The second-order valence-electron chi connectivity index (χ2n) is 15.8. The summed E-state index contributed by atoms with van der Waals surface area (Å²) >= 11 is 0. The molecule has 276 valence electrons. The third-order valence-electron chi connectivity index (χ3n) is 12.9. The van der Waals surface area contributed by atoms with Gasteiger partial charge in [0, 0.05) is 76.7 Å². The van der Waals surface area contributed by atoms with E-state index >= 15 is 8.78 Å². The van der Waals surface area contributed by atoms with Crippen LogP contribution in [0.25, 0.3) is 28.0 Å². The molecule has 54 heavy (non-hydrogen) atoms. The van der Waals surface area contributed by atoms with Crippen LogP contribution in [0.3, 0.4) is 0 Å². The molecule has 2 saturated heterocycles. The van der Waals surface area contributed by atoms with Gasteiger partial charge in [0.05, 0.1) is 20.3 Å². The molecule has 0 radical (unpaired) electrons. The lowest BCUT2D eigenvalue weighted by Crippen LogP contribution is -2.37. The topological polar surface area (TPSA) is 34.2 Å². The lowest BCUT2D eigenvalue weighted by atomic mass is 9.66. The minimum Gasteiger partial charge on any atom is -0.497 e. The average molecular weight is 725 g/mol. The quantitative estimate of drug-likeness (QED) is 0.180. The molecule has 0 amide bonds. The zero-order valence-electron chi connectivity index (χ0n) is 30.9. The summed E-state index contributed by atoms with van der Waals surface area (Å²) in [5, 5.41) is 1.79. The number of nitrogens with zero attached hydrogens (tertiary/aromatic N) is 2. The van der Waals surface area contributed by atoms with E-state index in [9.17, 15) is 0 Å². The van der Waals surface area contributed by atoms with Crippen LogP contribution in [0.4, 0.5) is 20.2 Å². The maximum Gasteiger partial charge on any atom is 0.178 e. The molecular weight excluding hydrogens is 679 g/mol. The maximum absolute atomic E-state index is 16.3. The lowest BCUT2D eigenvalue weighted by Gasteiger charge is -2.41. The molecule has 5 aromatic carbocycles. The molecular formula is C47H46F2N2O3. The summed E-state index contributed by atoms with van der Waals surface area (Å²) in [5.74, 6) is 0.442. The number of piperidine rings is 1. The Labute approximate surface area is 316 Å². The molecule has 0 bridgehead atoms. The predicted octanol–water partition coefficient (Wildman–Crippen LogP) is 10.5. The Morgan fingerprint density at radius 3 is 1.98 bits per heavy atom. The van der Waals surface area contributed by atoms with E-state index in [-0.39, 0.29) is 0 Å². The summed E-state index contributed by atoms with van der Waals surface area (Å²) in [4.78, 5) is 4.85. The normalized spacial score (nSPS) is 21.5. The van der Waals surface area contributed by atoms with Crippen molar-refractivity contribution in [2.24, 2.45) is 0 Å². The smallest absolute Gasteiger partial charge is 0.178 e. The van der Waals surface area contributed by atoms with E-state index in [1.807, 2.05) is 12.1 Å². The first-order chi connectivity index (χ1) is 26.5. The second kappa shape index (κ2) is 13.2. The summed E-state index contributed by atoms with van der Waals surface area (Å²) in [6.45, 7) is 5.32. The van der Waals surface area contributed by atoms with Gasteiger partial charge in [-0.3, -0.25) is 0 Å². The summed E-state index contributed by atoms with van der Waals surface area (Å²) in [6, 6.07) is 26.4. The van der Waals surface area contributed by atoms with Crippen molar-refractivity contribution in [2.75, 3.05) is 56.3 Å². The van der Waals surface area contributed by atoms with Gasteiger partial charge < -0.3 is 24.0 Å². The molecule has 10 rings (SSSR count). The number of ether oxygens (including phenoxy) is 3. The molecule has 0 N–H and O–H groups in total. The number of fused-ring (bicyclic) bond motifs is 10. The van der Waals surface area contributed by atoms with E-state index in [0.29, 0.717) is 16.9 Å². The fourth-order valence-electron chi connectivity index (χ4n) is 10.4. The van der Waals surface area contributed by atoms with Gasteiger partial charge in [-0.15, -0.1) is 0 Å². The van der Waals surface area contributed by atoms with Crippen LogP contribution in [-0.2, 0) is 15.8 Å². The van der Waals surface area contributed by atoms with Crippen molar-refractivity contribution in [3.63, 3.8) is 0 Å². The van der Waals surface area contributed by atoms with Crippen molar-refractivity contribution in [3.8, 4) is 22.6 Å². The average Bonchev–Trinajstić information content (AvgIpc) is 3.50. The maximum atomic E-state index is 16.3. The lowest BCUT2D eigenvalue weighted by molar-refractivity contribution is 0.122. The molecule has 0 aromatic heterocycles. The first kappa shape index (κ1) is 33.7. The van der Waals surface area contributed by atoms with Crippen molar-refractivity contribution in [1.29, 1.82) is 0 Å². The van der Waals surface area contributed by atoms with E-state index in [1.54, 1.807) is 13.2 Å². The summed E-state index contributed by atoms with van der Waals surface area (Å²) in [6.07, 6.45) is 12.8. The van der Waals surface area contributed by atoms with E-state index in [4.69, 9.17) is 14.2 Å². The SMILES string of the molecule is COc1ccc2c3c(c4c(c2c1)OC(c1ccc(N2CCCCC2)cc1)(c1ccc(N2CCOCC2)cc1)C=C4)C1(CCCCC1)c1c(F)cc(F)cc1-3. The van der Waals surface area contributed by atoms with Crippen LogP contribution < -0.4 is 19.3 Å². The van der Waals surface area contributed by atoms with Crippen LogP contribution in [-0.4, -0.2) is 46.5 Å². The van der Waals surface area contributed by atoms with Gasteiger partial charge in [-0.05, 0) is 109 Å². The van der Waals surface area contributed by atoms with Crippen LogP contribution in [0.2, 0.25) is 0 Å². The van der Waals surface area contributed by atoms with E-state index in [1.165, 1.54) is 24.9 Å². The van der Waals surface area contributed by atoms with Gasteiger partial charge in [0.1, 0.15) is 23.1 Å². The van der Waals surface area contributed by atoms with Crippen molar-refractivity contribution in [2.45, 2.75) is 62.4 Å². The minimum atomic E-state index is -0.955. The number of hydrogen-bond acceptors (Lipinski definition) is 5. The van der Waals surface area contributed by atoms with Gasteiger partial charge in [0.2, 0.25) is 0 Å². The molecule has 5 aromatic rings. The van der Waals surface area contributed by atoms with Gasteiger partial charge in [0.25, 0.3) is 0 Å². The largest absolute Gasteiger partial charge is 0.497 e. The fourth-order valence-corrected chi connectivity index (χ4v) is 10.4. The molecule has 1 spiro atoms. The number of rotatable bonds is 5. The van der Waals surface area contributed by atoms with E-state index in [2.05, 4.69) is 76.5 Å². The van der Waals surface area contributed by atoms with Crippen LogP contribution in [0, 0.1) is 11.6 Å². The van der Waals surface area contributed by atoms with Gasteiger partial charge in [-0.2, -0.15) is 0 Å². The van der Waals surface area contributed by atoms with E-state index < -0.39 is 22.7 Å². The Hall–Kier alpha value is -4.88. The molecule has 5 aliphatic rings. The van der Waals surface area contributed by atoms with Crippen molar-refractivity contribution in [3.05, 3.63) is 124 Å². The Morgan fingerprint density at radius 1 is 0.667 bits per heavy atom. The number of morpholine rings is 1. The third kappa shape index (κ3) is 5.18. The molecule has 2 aliphatic carbocycles. The van der Waals surface area contributed by atoms with Gasteiger partial charge in [-0.25, -0.2) is 8.78 Å². The van der Waals surface area contributed by atoms with Crippen LogP contribution in [0.5, 0.6) is 11.5 Å². The number of halogens is 2. The zero-order chi connectivity index (χ0) is 36.4. The monoisotopic (exact) mass is 724 g/mol. The standard InChI is InChI=1S/C47H46F2N2O3/c1-52-36-16-17-37-39(30-36)45-38(44-42(37)40-28-33(48)29-41(49)43(40)46(44)19-4-2-5-20-46)18-21-47(54-45,31-8-12-34(13-9-31)50-22-6-3-7-23-50)32-10-14-35(15-11-32)51-24-26-53-27-25-51/h8-18,21,28-30H,2-7,19-20,22-27H2,1H3. The zero-order valence-corrected chi connectivity index (χ0v) is 30.9. The van der Waals surface area contributed by atoms with Gasteiger partial charge in [-0.1, -0.05) is 49.6 Å². The molecule has 1 saturated carbocycles. The predicted molar refractivity (Wildman–Crippen MR) is 212 cm³/mol. The van der Waals surface area contributed by atoms with Crippen molar-refractivity contribution >= 4 is 28.2 Å².